The van der Waals surface area contributed by atoms with Crippen molar-refractivity contribution in [2.24, 2.45) is 5.73 Å². The second kappa shape index (κ2) is 9.31. The zero-order valence-corrected chi connectivity index (χ0v) is 15.6. The number of aromatic nitrogens is 2. The molecule has 1 amide bonds. The molecule has 0 saturated carbocycles. The van der Waals surface area contributed by atoms with Gasteiger partial charge in [0.1, 0.15) is 17.8 Å². The number of benzene rings is 1. The summed E-state index contributed by atoms with van der Waals surface area (Å²) < 4.78 is 40.2. The fourth-order valence-electron chi connectivity index (χ4n) is 1.70. The van der Waals surface area contributed by atoms with E-state index in [0.29, 0.717) is 11.3 Å². The fourth-order valence-corrected chi connectivity index (χ4v) is 1.70. The number of nitrogens with zero attached hydrogens (tertiary/aromatic N) is 2. The molecule has 3 N–H and O–H groups in total. The minimum absolute atomic E-state index is 0. The molecule has 1 aromatic heterocycles. The maximum Gasteiger partial charge on any atom is 0.573 e. The SMILES string of the molecule is CC(C)(C)N.Cc1cc(C(=O)NCc2cccc(OC(F)(F)F)c2)ncn1. The fraction of sp³-hybridized carbons (Fsp3) is 0.389. The maximum atomic E-state index is 12.1. The van der Waals surface area contributed by atoms with E-state index in [1.54, 1.807) is 13.0 Å². The summed E-state index contributed by atoms with van der Waals surface area (Å²) in [5.74, 6) is -0.773. The third-order valence-electron chi connectivity index (χ3n) is 2.62. The molecule has 0 spiro atoms. The third-order valence-corrected chi connectivity index (χ3v) is 2.62. The Morgan fingerprint density at radius 2 is 1.81 bits per heavy atom. The molecule has 9 heteroatoms. The zero-order chi connectivity index (χ0) is 20.7. The lowest BCUT2D eigenvalue weighted by Crippen LogP contribution is -2.26. The number of nitrogens with two attached hydrogens (primary N) is 1. The highest BCUT2D eigenvalue weighted by atomic mass is 19.4. The molecule has 0 aliphatic rings. The predicted octanol–water partition coefficient (Wildman–Crippen LogP) is 3.36. The van der Waals surface area contributed by atoms with E-state index in [-0.39, 0.29) is 23.5 Å². The largest absolute Gasteiger partial charge is 0.573 e. The summed E-state index contributed by atoms with van der Waals surface area (Å²) in [6.07, 6.45) is -3.48. The average Bonchev–Trinajstić information content (AvgIpc) is 2.50. The molecular formula is C18H23F3N4O2. The minimum Gasteiger partial charge on any atom is -0.406 e. The Balaban J connectivity index is 0.000000646. The summed E-state index contributed by atoms with van der Waals surface area (Å²) >= 11 is 0. The van der Waals surface area contributed by atoms with Gasteiger partial charge in [0.2, 0.25) is 0 Å². The first kappa shape index (κ1) is 22.4. The van der Waals surface area contributed by atoms with Crippen LogP contribution in [0.15, 0.2) is 36.7 Å². The van der Waals surface area contributed by atoms with Crippen LogP contribution in [-0.2, 0) is 6.54 Å². The molecule has 27 heavy (non-hydrogen) atoms. The summed E-state index contributed by atoms with van der Waals surface area (Å²) in [4.78, 5) is 19.6. The van der Waals surface area contributed by atoms with Gasteiger partial charge in [0.05, 0.1) is 0 Å². The van der Waals surface area contributed by atoms with E-state index in [4.69, 9.17) is 5.73 Å². The van der Waals surface area contributed by atoms with Crippen LogP contribution in [0.25, 0.3) is 0 Å². The van der Waals surface area contributed by atoms with Crippen LogP contribution in [0.1, 0.15) is 42.5 Å². The molecule has 0 saturated heterocycles. The van der Waals surface area contributed by atoms with Gasteiger partial charge in [-0.15, -0.1) is 13.2 Å². The number of carbonyl (C=O) groups excluding carboxylic acids is 1. The van der Waals surface area contributed by atoms with Crippen molar-refractivity contribution in [3.8, 4) is 5.75 Å². The van der Waals surface area contributed by atoms with Crippen LogP contribution in [0.3, 0.4) is 0 Å². The molecule has 0 atom stereocenters. The Morgan fingerprint density at radius 3 is 2.37 bits per heavy atom. The molecular weight excluding hydrogens is 361 g/mol. The smallest absolute Gasteiger partial charge is 0.406 e. The molecule has 0 aliphatic carbocycles. The van der Waals surface area contributed by atoms with Crippen molar-refractivity contribution in [1.29, 1.82) is 0 Å². The number of hydrogen-bond acceptors (Lipinski definition) is 5. The number of ether oxygens (including phenoxy) is 1. The van der Waals surface area contributed by atoms with Gasteiger partial charge in [0.25, 0.3) is 5.91 Å². The summed E-state index contributed by atoms with van der Waals surface area (Å²) in [5, 5.41) is 2.57. The lowest BCUT2D eigenvalue weighted by atomic mass is 10.1. The summed E-state index contributed by atoms with van der Waals surface area (Å²) in [5.41, 5.74) is 6.66. The van der Waals surface area contributed by atoms with Crippen molar-refractivity contribution in [1.82, 2.24) is 15.3 Å². The highest BCUT2D eigenvalue weighted by Gasteiger charge is 2.31. The van der Waals surface area contributed by atoms with Crippen LogP contribution in [-0.4, -0.2) is 27.8 Å². The van der Waals surface area contributed by atoms with E-state index >= 15 is 0 Å². The molecule has 2 aromatic rings. The zero-order valence-electron chi connectivity index (χ0n) is 15.6. The van der Waals surface area contributed by atoms with Crippen LogP contribution >= 0.6 is 0 Å². The average molecular weight is 384 g/mol. The first-order valence-corrected chi connectivity index (χ1v) is 8.04. The standard InChI is InChI=1S/C14H12F3N3O2.C4H11N/c1-9-5-12(20-8-19-9)13(21)18-7-10-3-2-4-11(6-10)22-14(15,16)17;1-4(2,3)5/h2-6,8H,7H2,1H3,(H,18,21);5H2,1-3H3. The molecule has 0 aliphatic heterocycles. The van der Waals surface area contributed by atoms with Crippen LogP contribution in [0.4, 0.5) is 13.2 Å². The summed E-state index contributed by atoms with van der Waals surface area (Å²) in [6, 6.07) is 6.90. The van der Waals surface area contributed by atoms with Gasteiger partial charge >= 0.3 is 6.36 Å². The van der Waals surface area contributed by atoms with Crippen molar-refractivity contribution >= 4 is 5.91 Å². The number of alkyl halides is 3. The van der Waals surface area contributed by atoms with Gasteiger partial charge in [-0.25, -0.2) is 9.97 Å². The number of nitrogens with one attached hydrogen (secondary N) is 1. The lowest BCUT2D eigenvalue weighted by Gasteiger charge is -2.10. The highest BCUT2D eigenvalue weighted by molar-refractivity contribution is 5.92. The van der Waals surface area contributed by atoms with E-state index in [1.165, 1.54) is 30.6 Å². The first-order valence-electron chi connectivity index (χ1n) is 8.04. The molecule has 0 fully saturated rings. The molecule has 0 bridgehead atoms. The number of halogens is 3. The van der Waals surface area contributed by atoms with Gasteiger partial charge in [-0.3, -0.25) is 4.79 Å². The molecule has 6 nitrogen and oxygen atoms in total. The first-order chi connectivity index (χ1) is 12.3. The number of carbonyl (C=O) groups is 1. The predicted molar refractivity (Wildman–Crippen MR) is 95.0 cm³/mol. The minimum atomic E-state index is -4.75. The van der Waals surface area contributed by atoms with E-state index in [9.17, 15) is 18.0 Å². The Hall–Kier alpha value is -2.68. The van der Waals surface area contributed by atoms with Gasteiger partial charge in [-0.2, -0.15) is 0 Å². The van der Waals surface area contributed by atoms with E-state index in [0.717, 1.165) is 0 Å². The van der Waals surface area contributed by atoms with Crippen LogP contribution in [0.2, 0.25) is 0 Å². The maximum absolute atomic E-state index is 12.1. The van der Waals surface area contributed by atoms with Crippen molar-refractivity contribution < 1.29 is 22.7 Å². The van der Waals surface area contributed by atoms with Gasteiger partial charge in [0.15, 0.2) is 0 Å². The van der Waals surface area contributed by atoms with Crippen molar-refractivity contribution in [2.45, 2.75) is 46.1 Å². The van der Waals surface area contributed by atoms with Crippen LogP contribution < -0.4 is 15.8 Å². The van der Waals surface area contributed by atoms with Crippen LogP contribution in [0, 0.1) is 6.92 Å². The molecule has 0 unspecified atom stereocenters. The van der Waals surface area contributed by atoms with Gasteiger partial charge in [-0.1, -0.05) is 12.1 Å². The molecule has 0 radical (unpaired) electrons. The Labute approximate surface area is 156 Å². The highest BCUT2D eigenvalue weighted by Crippen LogP contribution is 2.23. The van der Waals surface area contributed by atoms with Crippen molar-refractivity contribution in [3.05, 3.63) is 53.6 Å². The number of aryl methyl sites for hydroxylation is 1. The Morgan fingerprint density at radius 1 is 1.19 bits per heavy atom. The normalized spacial score (nSPS) is 11.3. The van der Waals surface area contributed by atoms with E-state index in [1.807, 2.05) is 20.8 Å². The van der Waals surface area contributed by atoms with Gasteiger partial charge in [-0.05, 0) is 51.5 Å². The van der Waals surface area contributed by atoms with E-state index in [2.05, 4.69) is 20.0 Å². The van der Waals surface area contributed by atoms with Crippen molar-refractivity contribution in [2.75, 3.05) is 0 Å². The monoisotopic (exact) mass is 384 g/mol. The second-order valence-corrected chi connectivity index (χ2v) is 6.79. The van der Waals surface area contributed by atoms with E-state index < -0.39 is 12.3 Å². The van der Waals surface area contributed by atoms with Crippen LogP contribution in [0.5, 0.6) is 5.75 Å². The molecule has 1 aromatic carbocycles. The number of hydrogen-bond donors (Lipinski definition) is 2. The second-order valence-electron chi connectivity index (χ2n) is 6.79. The number of amides is 1. The lowest BCUT2D eigenvalue weighted by molar-refractivity contribution is -0.274. The van der Waals surface area contributed by atoms with Crippen molar-refractivity contribution in [3.63, 3.8) is 0 Å². The Kier molecular flexibility index (Phi) is 7.71. The third kappa shape index (κ3) is 10.8. The summed E-state index contributed by atoms with van der Waals surface area (Å²) in [7, 11) is 0. The van der Waals surface area contributed by atoms with Gasteiger partial charge in [0, 0.05) is 17.8 Å². The molecule has 1 heterocycles. The summed E-state index contributed by atoms with van der Waals surface area (Å²) in [6.45, 7) is 7.67. The topological polar surface area (TPSA) is 90.1 Å². The molecule has 148 valence electrons. The molecule has 2 rings (SSSR count). The van der Waals surface area contributed by atoms with Gasteiger partial charge < -0.3 is 15.8 Å². The number of rotatable bonds is 4. The Bertz CT molecular complexity index is 753. The quantitative estimate of drug-likeness (QED) is 0.844.